The van der Waals surface area contributed by atoms with Crippen molar-refractivity contribution in [1.82, 2.24) is 0 Å². The van der Waals surface area contributed by atoms with E-state index in [0.717, 1.165) is 6.42 Å². The maximum atomic E-state index is 11.2. The fourth-order valence-corrected chi connectivity index (χ4v) is 0.822. The van der Waals surface area contributed by atoms with Crippen LogP contribution in [0.2, 0.25) is 0 Å². The van der Waals surface area contributed by atoms with E-state index in [1.807, 2.05) is 6.92 Å². The van der Waals surface area contributed by atoms with Crippen LogP contribution in [0.3, 0.4) is 0 Å². The number of rotatable bonds is 6. The highest BCUT2D eigenvalue weighted by atomic mass is 16.1. The summed E-state index contributed by atoms with van der Waals surface area (Å²) in [6, 6.07) is 0.0444. The van der Waals surface area contributed by atoms with Crippen LogP contribution in [0.1, 0.15) is 33.6 Å². The minimum atomic E-state index is 0.0444. The van der Waals surface area contributed by atoms with Crippen molar-refractivity contribution in [2.75, 3.05) is 0 Å². The quantitative estimate of drug-likeness (QED) is 0.457. The predicted molar refractivity (Wildman–Crippen MR) is 57.2 cm³/mol. The van der Waals surface area contributed by atoms with E-state index in [-0.39, 0.29) is 11.8 Å². The van der Waals surface area contributed by atoms with Crippen LogP contribution in [0.5, 0.6) is 0 Å². The number of nitrogens with zero attached hydrogens (tertiary/aromatic N) is 1. The monoisotopic (exact) mass is 181 g/mol. The molecule has 0 spiro atoms. The molecule has 0 saturated heterocycles. The van der Waals surface area contributed by atoms with E-state index < -0.39 is 0 Å². The normalized spacial score (nSPS) is 13.5. The second-order valence-electron chi connectivity index (χ2n) is 3.68. The summed E-state index contributed by atoms with van der Waals surface area (Å²) in [4.78, 5) is 15.0. The first kappa shape index (κ1) is 12.1. The number of aliphatic imine (C=N–C) groups is 1. The van der Waals surface area contributed by atoms with Crippen molar-refractivity contribution in [3.63, 3.8) is 0 Å². The Balaban J connectivity index is 3.73. The third-order valence-corrected chi connectivity index (χ3v) is 1.82. The van der Waals surface area contributed by atoms with Gasteiger partial charge >= 0.3 is 0 Å². The summed E-state index contributed by atoms with van der Waals surface area (Å²) in [6.45, 7) is 9.53. The SMILES string of the molecule is C=N[C@@H](C)/C=C/C(=O)CCC(C)C. The highest BCUT2D eigenvalue weighted by molar-refractivity contribution is 5.89. The van der Waals surface area contributed by atoms with Gasteiger partial charge in [-0.25, -0.2) is 0 Å². The van der Waals surface area contributed by atoms with Crippen molar-refractivity contribution in [1.29, 1.82) is 0 Å². The summed E-state index contributed by atoms with van der Waals surface area (Å²) in [5.74, 6) is 0.775. The summed E-state index contributed by atoms with van der Waals surface area (Å²) in [7, 11) is 0. The molecule has 0 rings (SSSR count). The zero-order valence-corrected chi connectivity index (χ0v) is 8.79. The largest absolute Gasteiger partial charge is 0.295 e. The first-order chi connectivity index (χ1) is 6.06. The fraction of sp³-hybridized carbons (Fsp3) is 0.636. The Kier molecular flexibility index (Phi) is 6.11. The third-order valence-electron chi connectivity index (χ3n) is 1.82. The van der Waals surface area contributed by atoms with E-state index in [1.54, 1.807) is 12.2 Å². The average Bonchev–Trinajstić information content (AvgIpc) is 2.10. The first-order valence-corrected chi connectivity index (χ1v) is 4.73. The molecule has 0 aliphatic carbocycles. The van der Waals surface area contributed by atoms with E-state index in [0.29, 0.717) is 12.3 Å². The van der Waals surface area contributed by atoms with Gasteiger partial charge in [-0.2, -0.15) is 0 Å². The smallest absolute Gasteiger partial charge is 0.155 e. The Hall–Kier alpha value is -0.920. The van der Waals surface area contributed by atoms with Gasteiger partial charge < -0.3 is 0 Å². The minimum Gasteiger partial charge on any atom is -0.295 e. The molecule has 74 valence electrons. The molecule has 0 unspecified atom stereocenters. The molecule has 0 aromatic carbocycles. The van der Waals surface area contributed by atoms with Crippen molar-refractivity contribution in [2.24, 2.45) is 10.9 Å². The molecule has 0 bridgehead atoms. The van der Waals surface area contributed by atoms with Gasteiger partial charge in [0.15, 0.2) is 5.78 Å². The maximum absolute atomic E-state index is 11.2. The van der Waals surface area contributed by atoms with Crippen molar-refractivity contribution < 1.29 is 4.79 Å². The van der Waals surface area contributed by atoms with Gasteiger partial charge in [0.25, 0.3) is 0 Å². The molecule has 0 saturated carbocycles. The van der Waals surface area contributed by atoms with E-state index in [4.69, 9.17) is 0 Å². The molecule has 0 amide bonds. The Labute approximate surface area is 80.8 Å². The van der Waals surface area contributed by atoms with Crippen LogP contribution >= 0.6 is 0 Å². The lowest BCUT2D eigenvalue weighted by molar-refractivity contribution is -0.114. The molecule has 0 aromatic heterocycles. The highest BCUT2D eigenvalue weighted by Crippen LogP contribution is 2.04. The van der Waals surface area contributed by atoms with Crippen LogP contribution in [0.4, 0.5) is 0 Å². The summed E-state index contributed by atoms with van der Waals surface area (Å²) in [6.07, 6.45) is 4.99. The zero-order valence-electron chi connectivity index (χ0n) is 8.79. The van der Waals surface area contributed by atoms with Crippen molar-refractivity contribution in [3.05, 3.63) is 12.2 Å². The molecule has 0 aliphatic rings. The Morgan fingerprint density at radius 1 is 1.46 bits per heavy atom. The van der Waals surface area contributed by atoms with Gasteiger partial charge in [-0.15, -0.1) is 0 Å². The summed E-state index contributed by atoms with van der Waals surface area (Å²) in [5, 5.41) is 0. The van der Waals surface area contributed by atoms with Gasteiger partial charge in [-0.05, 0) is 32.1 Å². The molecule has 0 radical (unpaired) electrons. The molecule has 0 fully saturated rings. The summed E-state index contributed by atoms with van der Waals surface area (Å²) >= 11 is 0. The zero-order chi connectivity index (χ0) is 10.3. The molecule has 13 heavy (non-hydrogen) atoms. The van der Waals surface area contributed by atoms with Gasteiger partial charge in [-0.1, -0.05) is 19.9 Å². The molecule has 2 heteroatoms. The molecular weight excluding hydrogens is 162 g/mol. The maximum Gasteiger partial charge on any atom is 0.155 e. The van der Waals surface area contributed by atoms with Gasteiger partial charge in [-0.3, -0.25) is 9.79 Å². The van der Waals surface area contributed by atoms with E-state index in [1.165, 1.54) is 0 Å². The number of hydrogen-bond acceptors (Lipinski definition) is 2. The Morgan fingerprint density at radius 3 is 2.54 bits per heavy atom. The Morgan fingerprint density at radius 2 is 2.08 bits per heavy atom. The highest BCUT2D eigenvalue weighted by Gasteiger charge is 1.99. The molecule has 0 N–H and O–H groups in total. The summed E-state index contributed by atoms with van der Waals surface area (Å²) < 4.78 is 0. The Bertz CT molecular complexity index is 194. The van der Waals surface area contributed by atoms with Crippen molar-refractivity contribution in [3.8, 4) is 0 Å². The number of carbonyl (C=O) groups is 1. The second kappa shape index (κ2) is 6.58. The van der Waals surface area contributed by atoms with Gasteiger partial charge in [0.2, 0.25) is 0 Å². The summed E-state index contributed by atoms with van der Waals surface area (Å²) in [5.41, 5.74) is 0. The molecule has 0 aromatic rings. The van der Waals surface area contributed by atoms with Crippen LogP contribution in [0.15, 0.2) is 17.1 Å². The average molecular weight is 181 g/mol. The van der Waals surface area contributed by atoms with E-state index >= 15 is 0 Å². The van der Waals surface area contributed by atoms with Gasteiger partial charge in [0.1, 0.15) is 0 Å². The van der Waals surface area contributed by atoms with E-state index in [9.17, 15) is 4.79 Å². The standard InChI is InChI=1S/C11H19NO/c1-9(2)5-7-11(13)8-6-10(3)12-4/h6,8-10H,4-5,7H2,1-3H3/b8-6+/t10-/m0/s1. The number of hydrogen-bond donors (Lipinski definition) is 0. The van der Waals surface area contributed by atoms with Crippen LogP contribution in [-0.4, -0.2) is 18.5 Å². The van der Waals surface area contributed by atoms with Crippen molar-refractivity contribution in [2.45, 2.75) is 39.7 Å². The minimum absolute atomic E-state index is 0.0444. The lowest BCUT2D eigenvalue weighted by atomic mass is 10.1. The number of carbonyl (C=O) groups excluding carboxylic acids is 1. The molecule has 1 atom stereocenters. The van der Waals surface area contributed by atoms with E-state index in [2.05, 4.69) is 25.6 Å². The molecular formula is C11H19NO. The van der Waals surface area contributed by atoms with Crippen molar-refractivity contribution >= 4 is 12.5 Å². The molecule has 2 nitrogen and oxygen atoms in total. The van der Waals surface area contributed by atoms with Gasteiger partial charge in [0, 0.05) is 6.42 Å². The lowest BCUT2D eigenvalue weighted by Crippen LogP contribution is -1.98. The van der Waals surface area contributed by atoms with Crippen LogP contribution in [0.25, 0.3) is 0 Å². The molecule has 0 aliphatic heterocycles. The van der Waals surface area contributed by atoms with Crippen LogP contribution in [-0.2, 0) is 4.79 Å². The number of allylic oxidation sites excluding steroid dienone is 1. The molecule has 0 heterocycles. The number of ketones is 1. The van der Waals surface area contributed by atoms with Gasteiger partial charge in [0.05, 0.1) is 6.04 Å². The third kappa shape index (κ3) is 7.44. The lowest BCUT2D eigenvalue weighted by Gasteiger charge is -2.00. The van der Waals surface area contributed by atoms with Crippen LogP contribution < -0.4 is 0 Å². The predicted octanol–water partition coefficient (Wildman–Crippen LogP) is 2.64. The second-order valence-corrected chi connectivity index (χ2v) is 3.68. The topological polar surface area (TPSA) is 29.4 Å². The fourth-order valence-electron chi connectivity index (χ4n) is 0.822. The van der Waals surface area contributed by atoms with Crippen LogP contribution in [0, 0.1) is 5.92 Å². The first-order valence-electron chi connectivity index (χ1n) is 4.73.